The van der Waals surface area contributed by atoms with Gasteiger partial charge in [-0.3, -0.25) is 9.48 Å². The van der Waals surface area contributed by atoms with Gasteiger partial charge < -0.3 is 10.4 Å². The number of carbonyl (C=O) groups is 2. The van der Waals surface area contributed by atoms with Crippen LogP contribution >= 0.6 is 23.1 Å². The van der Waals surface area contributed by atoms with Crippen molar-refractivity contribution in [3.63, 3.8) is 0 Å². The van der Waals surface area contributed by atoms with Gasteiger partial charge in [0.05, 0.1) is 27.9 Å². The van der Waals surface area contributed by atoms with Gasteiger partial charge in [-0.2, -0.15) is 5.10 Å². The number of aromatic nitrogens is 3. The smallest absolute Gasteiger partial charge is 0.331 e. The van der Waals surface area contributed by atoms with E-state index in [2.05, 4.69) is 15.4 Å². The second kappa shape index (κ2) is 6.85. The topological polar surface area (TPSA) is 97.1 Å². The Morgan fingerprint density at radius 3 is 2.84 bits per heavy atom. The Balaban J connectivity index is 1.59. The second-order valence-corrected chi connectivity index (χ2v) is 8.08. The number of carbonyl (C=O) groups excluding carboxylic acids is 1. The van der Waals surface area contributed by atoms with Gasteiger partial charge in [-0.1, -0.05) is 23.9 Å². The lowest BCUT2D eigenvalue weighted by Gasteiger charge is -2.19. The first kappa shape index (κ1) is 17.4. The highest BCUT2D eigenvalue weighted by molar-refractivity contribution is 8.01. The Kier molecular flexibility index (Phi) is 4.78. The van der Waals surface area contributed by atoms with Gasteiger partial charge in [-0.25, -0.2) is 9.78 Å². The highest BCUT2D eigenvalue weighted by atomic mass is 32.2. The molecule has 1 aromatic carbocycles. The van der Waals surface area contributed by atoms with Crippen molar-refractivity contribution >= 4 is 50.9 Å². The number of fused-ring (bicyclic) bond motifs is 1. The van der Waals surface area contributed by atoms with Crippen LogP contribution in [0.15, 0.2) is 41.0 Å². The molecule has 9 heteroatoms. The number of hydrogen-bond acceptors (Lipinski definition) is 6. The molecule has 0 saturated carbocycles. The third-order valence-electron chi connectivity index (χ3n) is 3.56. The Morgan fingerprint density at radius 2 is 2.12 bits per heavy atom. The summed E-state index contributed by atoms with van der Waals surface area (Å²) in [6, 6.07) is 7.82. The van der Waals surface area contributed by atoms with Crippen molar-refractivity contribution in [2.45, 2.75) is 23.7 Å². The third kappa shape index (κ3) is 3.83. The van der Waals surface area contributed by atoms with Crippen molar-refractivity contribution < 1.29 is 14.7 Å². The quantitative estimate of drug-likeness (QED) is 0.642. The molecule has 25 heavy (non-hydrogen) atoms. The molecule has 0 aliphatic carbocycles. The summed E-state index contributed by atoms with van der Waals surface area (Å²) >= 11 is 2.91. The summed E-state index contributed by atoms with van der Waals surface area (Å²) in [7, 11) is 0. The monoisotopic (exact) mass is 376 g/mol. The van der Waals surface area contributed by atoms with Crippen molar-refractivity contribution in [1.82, 2.24) is 14.8 Å². The van der Waals surface area contributed by atoms with E-state index >= 15 is 0 Å². The predicted octanol–water partition coefficient (Wildman–Crippen LogP) is 3.04. The van der Waals surface area contributed by atoms with Crippen LogP contribution in [0, 0.1) is 0 Å². The van der Waals surface area contributed by atoms with E-state index in [9.17, 15) is 14.7 Å². The van der Waals surface area contributed by atoms with Crippen LogP contribution in [0.4, 0.5) is 5.69 Å². The van der Waals surface area contributed by atoms with E-state index in [1.54, 1.807) is 11.3 Å². The van der Waals surface area contributed by atoms with Crippen LogP contribution in [0.25, 0.3) is 10.2 Å². The van der Waals surface area contributed by atoms with Gasteiger partial charge in [-0.15, -0.1) is 11.3 Å². The van der Waals surface area contributed by atoms with Crippen molar-refractivity contribution in [2.75, 3.05) is 11.1 Å². The lowest BCUT2D eigenvalue weighted by atomic mass is 10.1. The Labute approximate surface area is 152 Å². The lowest BCUT2D eigenvalue weighted by Crippen LogP contribution is -2.35. The van der Waals surface area contributed by atoms with Crippen LogP contribution in [-0.2, 0) is 15.1 Å². The molecular weight excluding hydrogens is 360 g/mol. The number of thioether (sulfide) groups is 1. The number of hydrogen-bond donors (Lipinski definition) is 2. The number of carboxylic acids is 1. The van der Waals surface area contributed by atoms with Crippen LogP contribution in [0.3, 0.4) is 0 Å². The molecule has 0 saturated heterocycles. The number of aliphatic carboxylic acids is 1. The Bertz CT molecular complexity index is 899. The molecule has 0 radical (unpaired) electrons. The normalized spacial score (nSPS) is 11.6. The van der Waals surface area contributed by atoms with Gasteiger partial charge in [0.1, 0.15) is 0 Å². The minimum atomic E-state index is -1.18. The minimum Gasteiger partial charge on any atom is -0.479 e. The molecule has 0 aliphatic rings. The van der Waals surface area contributed by atoms with E-state index in [1.165, 1.54) is 42.7 Å². The minimum absolute atomic E-state index is 0.197. The fourth-order valence-corrected chi connectivity index (χ4v) is 3.90. The maximum Gasteiger partial charge on any atom is 0.331 e. The van der Waals surface area contributed by atoms with Crippen molar-refractivity contribution in [1.29, 1.82) is 0 Å². The van der Waals surface area contributed by atoms with Gasteiger partial charge in [0.15, 0.2) is 9.88 Å². The molecule has 0 spiro atoms. The van der Waals surface area contributed by atoms with Crippen LogP contribution in [0.2, 0.25) is 0 Å². The van der Waals surface area contributed by atoms with E-state index < -0.39 is 11.5 Å². The maximum atomic E-state index is 12.1. The third-order valence-corrected chi connectivity index (χ3v) is 5.74. The number of nitrogens with one attached hydrogen (secondary N) is 1. The molecule has 0 atom stereocenters. The van der Waals surface area contributed by atoms with Crippen LogP contribution in [0.5, 0.6) is 0 Å². The van der Waals surface area contributed by atoms with E-state index in [0.717, 1.165) is 14.6 Å². The molecule has 3 aromatic rings. The van der Waals surface area contributed by atoms with Gasteiger partial charge in [0.25, 0.3) is 0 Å². The molecule has 0 unspecified atom stereocenters. The van der Waals surface area contributed by atoms with Crippen LogP contribution in [0.1, 0.15) is 13.8 Å². The molecule has 2 heterocycles. The summed E-state index contributed by atoms with van der Waals surface area (Å²) in [5.41, 5.74) is 0.204. The fraction of sp³-hybridized carbons (Fsp3) is 0.250. The number of rotatable bonds is 6. The Morgan fingerprint density at radius 1 is 1.36 bits per heavy atom. The van der Waals surface area contributed by atoms with E-state index in [-0.39, 0.29) is 11.7 Å². The SMILES string of the molecule is CC(C)(C(=O)O)n1cc(NC(=O)CSc2nc3ccccc3s2)cn1. The molecule has 0 fully saturated rings. The van der Waals surface area contributed by atoms with Gasteiger partial charge in [0, 0.05) is 6.20 Å². The number of para-hydroxylation sites is 1. The molecule has 0 aliphatic heterocycles. The van der Waals surface area contributed by atoms with E-state index in [0.29, 0.717) is 5.69 Å². The zero-order valence-electron chi connectivity index (χ0n) is 13.6. The summed E-state index contributed by atoms with van der Waals surface area (Å²) in [4.78, 5) is 27.8. The van der Waals surface area contributed by atoms with Crippen molar-refractivity contribution in [3.05, 3.63) is 36.7 Å². The number of anilines is 1. The van der Waals surface area contributed by atoms with Gasteiger partial charge in [0.2, 0.25) is 5.91 Å². The molecule has 130 valence electrons. The molecule has 1 amide bonds. The zero-order chi connectivity index (χ0) is 18.0. The Hall–Kier alpha value is -2.39. The molecule has 2 N–H and O–H groups in total. The first-order chi connectivity index (χ1) is 11.9. The number of amides is 1. The molecule has 2 aromatic heterocycles. The van der Waals surface area contributed by atoms with Crippen molar-refractivity contribution in [2.24, 2.45) is 0 Å². The number of nitrogens with zero attached hydrogens (tertiary/aromatic N) is 3. The first-order valence-corrected chi connectivity index (χ1v) is 9.23. The van der Waals surface area contributed by atoms with Gasteiger partial charge in [-0.05, 0) is 26.0 Å². The summed E-state index contributed by atoms with van der Waals surface area (Å²) in [6.07, 6.45) is 2.94. The summed E-state index contributed by atoms with van der Waals surface area (Å²) < 4.78 is 3.23. The molecule has 0 bridgehead atoms. The molecule has 7 nitrogen and oxygen atoms in total. The highest BCUT2D eigenvalue weighted by Gasteiger charge is 2.30. The highest BCUT2D eigenvalue weighted by Crippen LogP contribution is 2.29. The molecule has 3 rings (SSSR count). The predicted molar refractivity (Wildman–Crippen MR) is 98.2 cm³/mol. The largest absolute Gasteiger partial charge is 0.479 e. The summed E-state index contributed by atoms with van der Waals surface area (Å²) in [5.74, 6) is -0.982. The van der Waals surface area contributed by atoms with E-state index in [4.69, 9.17) is 0 Å². The fourth-order valence-electron chi connectivity index (χ4n) is 2.03. The van der Waals surface area contributed by atoms with E-state index in [1.807, 2.05) is 24.3 Å². The van der Waals surface area contributed by atoms with Crippen LogP contribution in [-0.4, -0.2) is 37.5 Å². The average Bonchev–Trinajstić information content (AvgIpc) is 3.19. The summed E-state index contributed by atoms with van der Waals surface area (Å²) in [5, 5.41) is 15.9. The number of thiazole rings is 1. The lowest BCUT2D eigenvalue weighted by molar-refractivity contribution is -0.146. The number of carboxylic acid groups (broad SMARTS) is 1. The standard InChI is InChI=1S/C16H16N4O3S2/c1-16(2,14(22)23)20-8-10(7-17-20)18-13(21)9-24-15-19-11-5-3-4-6-12(11)25-15/h3-8H,9H2,1-2H3,(H,18,21)(H,22,23). The summed E-state index contributed by atoms with van der Waals surface area (Å²) in [6.45, 7) is 3.08. The first-order valence-electron chi connectivity index (χ1n) is 7.43. The second-order valence-electron chi connectivity index (χ2n) is 5.82. The van der Waals surface area contributed by atoms with Crippen molar-refractivity contribution in [3.8, 4) is 0 Å². The average molecular weight is 376 g/mol. The number of benzene rings is 1. The zero-order valence-corrected chi connectivity index (χ0v) is 15.2. The molecular formula is C16H16N4O3S2. The van der Waals surface area contributed by atoms with Crippen LogP contribution < -0.4 is 5.32 Å². The van der Waals surface area contributed by atoms with Gasteiger partial charge >= 0.3 is 5.97 Å². The maximum absolute atomic E-state index is 12.1.